The van der Waals surface area contributed by atoms with E-state index in [1.807, 2.05) is 17.0 Å². The second-order valence-corrected chi connectivity index (χ2v) is 6.07. The predicted molar refractivity (Wildman–Crippen MR) is 77.2 cm³/mol. The van der Waals surface area contributed by atoms with Gasteiger partial charge in [0.05, 0.1) is 11.4 Å². The molecule has 1 aromatic rings. The van der Waals surface area contributed by atoms with E-state index in [2.05, 4.69) is 21.2 Å². The van der Waals surface area contributed by atoms with Crippen LogP contribution in [0, 0.1) is 5.92 Å². The van der Waals surface area contributed by atoms with Crippen LogP contribution in [0.1, 0.15) is 25.3 Å². The van der Waals surface area contributed by atoms with Crippen molar-refractivity contribution in [2.45, 2.75) is 26.2 Å². The van der Waals surface area contributed by atoms with Gasteiger partial charge in [0.25, 0.3) is 0 Å². The Balaban J connectivity index is 2.01. The number of halogens is 1. The van der Waals surface area contributed by atoms with Gasteiger partial charge in [0.1, 0.15) is 0 Å². The Labute approximate surface area is 120 Å². The van der Waals surface area contributed by atoms with Crippen LogP contribution in [-0.4, -0.2) is 18.4 Å². The largest absolute Gasteiger partial charge is 0.324 e. The zero-order chi connectivity index (χ0) is 13.6. The molecule has 2 aliphatic rings. The Kier molecular flexibility index (Phi) is 3.09. The van der Waals surface area contributed by atoms with Crippen molar-refractivity contribution in [3.8, 4) is 0 Å². The number of benzene rings is 1. The SMILES string of the molecule is CC(=O)Nc1cc(Br)cc2c1N(C(=O)C1CC1)CC2. The molecule has 1 N–H and O–H groups in total. The third kappa shape index (κ3) is 2.39. The molecule has 0 atom stereocenters. The van der Waals surface area contributed by atoms with Gasteiger partial charge in [-0.25, -0.2) is 0 Å². The molecular weight excluding hydrogens is 308 g/mol. The molecule has 0 radical (unpaired) electrons. The first-order valence-electron chi connectivity index (χ1n) is 6.47. The Morgan fingerprint density at radius 1 is 1.37 bits per heavy atom. The molecule has 1 aliphatic heterocycles. The Hall–Kier alpha value is -1.36. The zero-order valence-corrected chi connectivity index (χ0v) is 12.3. The summed E-state index contributed by atoms with van der Waals surface area (Å²) in [4.78, 5) is 25.4. The highest BCUT2D eigenvalue weighted by Crippen LogP contribution is 2.41. The Bertz CT molecular complexity index is 567. The first-order chi connectivity index (χ1) is 9.06. The van der Waals surface area contributed by atoms with Gasteiger partial charge in [0.15, 0.2) is 0 Å². The lowest BCUT2D eigenvalue weighted by molar-refractivity contribution is -0.119. The van der Waals surface area contributed by atoms with Crippen LogP contribution in [-0.2, 0) is 16.0 Å². The minimum Gasteiger partial charge on any atom is -0.324 e. The topological polar surface area (TPSA) is 49.4 Å². The van der Waals surface area contributed by atoms with Crippen LogP contribution in [0.15, 0.2) is 16.6 Å². The Morgan fingerprint density at radius 2 is 2.11 bits per heavy atom. The van der Waals surface area contributed by atoms with Gasteiger partial charge in [-0.2, -0.15) is 0 Å². The minimum atomic E-state index is -0.119. The van der Waals surface area contributed by atoms with E-state index in [-0.39, 0.29) is 17.7 Å². The number of carbonyl (C=O) groups excluding carboxylic acids is 2. The zero-order valence-electron chi connectivity index (χ0n) is 10.7. The summed E-state index contributed by atoms with van der Waals surface area (Å²) in [5.74, 6) is 0.276. The standard InChI is InChI=1S/C14H15BrN2O2/c1-8(18)16-12-7-11(15)6-10-4-5-17(13(10)12)14(19)9-2-3-9/h6-7,9H,2-5H2,1H3,(H,16,18). The number of hydrogen-bond donors (Lipinski definition) is 1. The number of carbonyl (C=O) groups is 2. The lowest BCUT2D eigenvalue weighted by Gasteiger charge is -2.20. The number of fused-ring (bicyclic) bond motifs is 1. The lowest BCUT2D eigenvalue weighted by atomic mass is 10.1. The molecular formula is C14H15BrN2O2. The van der Waals surface area contributed by atoms with Crippen LogP contribution in [0.5, 0.6) is 0 Å². The third-order valence-electron chi connectivity index (χ3n) is 3.53. The van der Waals surface area contributed by atoms with Crippen molar-refractivity contribution in [2.24, 2.45) is 5.92 Å². The molecule has 5 heteroatoms. The van der Waals surface area contributed by atoms with E-state index in [0.29, 0.717) is 6.54 Å². The molecule has 0 spiro atoms. The summed E-state index contributed by atoms with van der Waals surface area (Å²) >= 11 is 3.45. The van der Waals surface area contributed by atoms with Crippen LogP contribution in [0.3, 0.4) is 0 Å². The first kappa shape index (κ1) is 12.7. The van der Waals surface area contributed by atoms with E-state index < -0.39 is 0 Å². The number of hydrogen-bond acceptors (Lipinski definition) is 2. The number of nitrogens with one attached hydrogen (secondary N) is 1. The molecule has 2 amide bonds. The number of amides is 2. The van der Waals surface area contributed by atoms with Gasteiger partial charge < -0.3 is 10.2 Å². The van der Waals surface area contributed by atoms with Gasteiger partial charge in [-0.1, -0.05) is 15.9 Å². The maximum atomic E-state index is 12.3. The highest BCUT2D eigenvalue weighted by atomic mass is 79.9. The molecule has 100 valence electrons. The molecule has 4 nitrogen and oxygen atoms in total. The lowest BCUT2D eigenvalue weighted by Crippen LogP contribution is -2.31. The average Bonchev–Trinajstić information content (AvgIpc) is 3.08. The molecule has 1 aliphatic carbocycles. The monoisotopic (exact) mass is 322 g/mol. The molecule has 1 saturated carbocycles. The van der Waals surface area contributed by atoms with Crippen LogP contribution >= 0.6 is 15.9 Å². The van der Waals surface area contributed by atoms with E-state index >= 15 is 0 Å². The van der Waals surface area contributed by atoms with Crippen molar-refractivity contribution in [2.75, 3.05) is 16.8 Å². The third-order valence-corrected chi connectivity index (χ3v) is 3.99. The minimum absolute atomic E-state index is 0.119. The van der Waals surface area contributed by atoms with Gasteiger partial charge in [0.2, 0.25) is 11.8 Å². The summed E-state index contributed by atoms with van der Waals surface area (Å²) in [5, 5.41) is 2.83. The van der Waals surface area contributed by atoms with Gasteiger partial charge in [0, 0.05) is 23.9 Å². The maximum absolute atomic E-state index is 12.3. The number of anilines is 2. The average molecular weight is 323 g/mol. The molecule has 19 heavy (non-hydrogen) atoms. The molecule has 0 bridgehead atoms. The summed E-state index contributed by atoms with van der Waals surface area (Å²) in [6.45, 7) is 2.20. The molecule has 1 aromatic carbocycles. The van der Waals surface area contributed by atoms with Crippen molar-refractivity contribution >= 4 is 39.1 Å². The van der Waals surface area contributed by atoms with E-state index in [9.17, 15) is 9.59 Å². The summed E-state index contributed by atoms with van der Waals surface area (Å²) in [6, 6.07) is 3.89. The normalized spacial score (nSPS) is 17.3. The van der Waals surface area contributed by atoms with Crippen molar-refractivity contribution in [3.05, 3.63) is 22.2 Å². The molecule has 1 fully saturated rings. The van der Waals surface area contributed by atoms with E-state index in [4.69, 9.17) is 0 Å². The smallest absolute Gasteiger partial charge is 0.230 e. The van der Waals surface area contributed by atoms with Crippen LogP contribution in [0.25, 0.3) is 0 Å². The van der Waals surface area contributed by atoms with Crippen molar-refractivity contribution in [3.63, 3.8) is 0 Å². The predicted octanol–water partition coefficient (Wildman–Crippen LogP) is 2.71. The number of rotatable bonds is 2. The summed E-state index contributed by atoms with van der Waals surface area (Å²) < 4.78 is 0.927. The summed E-state index contributed by atoms with van der Waals surface area (Å²) in [6.07, 6.45) is 2.84. The summed E-state index contributed by atoms with van der Waals surface area (Å²) in [5.41, 5.74) is 2.73. The van der Waals surface area contributed by atoms with Gasteiger partial charge >= 0.3 is 0 Å². The van der Waals surface area contributed by atoms with Crippen LogP contribution < -0.4 is 10.2 Å². The van der Waals surface area contributed by atoms with E-state index in [1.165, 1.54) is 6.92 Å². The number of nitrogens with zero attached hydrogens (tertiary/aromatic N) is 1. The first-order valence-corrected chi connectivity index (χ1v) is 7.27. The quantitative estimate of drug-likeness (QED) is 0.910. The van der Waals surface area contributed by atoms with Crippen LogP contribution in [0.2, 0.25) is 0 Å². The van der Waals surface area contributed by atoms with E-state index in [1.54, 1.807) is 0 Å². The fourth-order valence-electron chi connectivity index (χ4n) is 2.57. The second-order valence-electron chi connectivity index (χ2n) is 5.16. The maximum Gasteiger partial charge on any atom is 0.230 e. The fraction of sp³-hybridized carbons (Fsp3) is 0.429. The molecule has 0 saturated heterocycles. The molecule has 1 heterocycles. The summed E-state index contributed by atoms with van der Waals surface area (Å²) in [7, 11) is 0. The van der Waals surface area contributed by atoms with Crippen molar-refractivity contribution < 1.29 is 9.59 Å². The Morgan fingerprint density at radius 3 is 2.74 bits per heavy atom. The molecule has 0 aromatic heterocycles. The van der Waals surface area contributed by atoms with Crippen molar-refractivity contribution in [1.29, 1.82) is 0 Å². The fourth-order valence-corrected chi connectivity index (χ4v) is 3.07. The highest BCUT2D eigenvalue weighted by molar-refractivity contribution is 9.10. The van der Waals surface area contributed by atoms with Gasteiger partial charge in [-0.15, -0.1) is 0 Å². The van der Waals surface area contributed by atoms with Crippen molar-refractivity contribution in [1.82, 2.24) is 0 Å². The van der Waals surface area contributed by atoms with Gasteiger partial charge in [-0.3, -0.25) is 9.59 Å². The second kappa shape index (κ2) is 4.63. The van der Waals surface area contributed by atoms with Crippen LogP contribution in [0.4, 0.5) is 11.4 Å². The van der Waals surface area contributed by atoms with Gasteiger partial charge in [-0.05, 0) is 37.0 Å². The molecule has 0 unspecified atom stereocenters. The highest BCUT2D eigenvalue weighted by Gasteiger charge is 2.37. The van der Waals surface area contributed by atoms with E-state index in [0.717, 1.165) is 40.7 Å². The molecule has 3 rings (SSSR count).